The Morgan fingerprint density at radius 3 is 2.61 bits per heavy atom. The predicted molar refractivity (Wildman–Crippen MR) is 71.7 cm³/mol. The molecule has 0 heterocycles. The molecule has 0 radical (unpaired) electrons. The van der Waals surface area contributed by atoms with Crippen LogP contribution in [-0.2, 0) is 14.6 Å². The highest BCUT2D eigenvalue weighted by Gasteiger charge is 2.11. The molecule has 0 aliphatic rings. The van der Waals surface area contributed by atoms with E-state index in [-0.39, 0.29) is 17.2 Å². The summed E-state index contributed by atoms with van der Waals surface area (Å²) < 4.78 is 22.8. The van der Waals surface area contributed by atoms with Gasteiger partial charge in [-0.15, -0.1) is 0 Å². The van der Waals surface area contributed by atoms with Crippen molar-refractivity contribution in [2.75, 3.05) is 25.2 Å². The minimum Gasteiger partial charge on any atom is -0.325 e. The van der Waals surface area contributed by atoms with Crippen LogP contribution in [0.5, 0.6) is 0 Å². The van der Waals surface area contributed by atoms with Crippen molar-refractivity contribution >= 4 is 33.0 Å². The molecule has 0 bridgehead atoms. The number of halogens is 1. The second kappa shape index (κ2) is 6.17. The molecule has 1 rings (SSSR count). The number of carbonyl (C=O) groups excluding carboxylic acids is 1. The van der Waals surface area contributed by atoms with E-state index in [1.54, 1.807) is 7.05 Å². The maximum Gasteiger partial charge on any atom is 0.225 e. The molecule has 0 saturated carbocycles. The minimum atomic E-state index is -3.32. The van der Waals surface area contributed by atoms with E-state index in [9.17, 15) is 13.2 Å². The normalized spacial score (nSPS) is 11.3. The lowest BCUT2D eigenvalue weighted by atomic mass is 10.3. The molecule has 1 aromatic rings. The van der Waals surface area contributed by atoms with Gasteiger partial charge >= 0.3 is 0 Å². The second-order valence-corrected chi connectivity index (χ2v) is 6.24. The van der Waals surface area contributed by atoms with Gasteiger partial charge in [-0.1, -0.05) is 11.6 Å². The third kappa shape index (κ3) is 4.29. The fraction of sp³-hybridized carbons (Fsp3) is 0.364. The number of rotatable bonds is 5. The van der Waals surface area contributed by atoms with Crippen LogP contribution in [0, 0.1) is 0 Å². The molecule has 0 spiro atoms. The summed E-state index contributed by atoms with van der Waals surface area (Å²) in [4.78, 5) is 11.6. The van der Waals surface area contributed by atoms with Crippen LogP contribution in [0.2, 0.25) is 5.02 Å². The molecule has 1 aromatic carbocycles. The van der Waals surface area contributed by atoms with Gasteiger partial charge in [0.05, 0.1) is 15.6 Å². The molecule has 1 amide bonds. The first kappa shape index (κ1) is 14.9. The maximum absolute atomic E-state index is 11.5. The molecule has 0 aromatic heterocycles. The second-order valence-electron chi connectivity index (χ2n) is 3.82. The monoisotopic (exact) mass is 290 g/mol. The van der Waals surface area contributed by atoms with Gasteiger partial charge < -0.3 is 10.6 Å². The number of hydrogen-bond acceptors (Lipinski definition) is 4. The minimum absolute atomic E-state index is 0.121. The van der Waals surface area contributed by atoms with E-state index >= 15 is 0 Å². The van der Waals surface area contributed by atoms with E-state index in [1.165, 1.54) is 18.2 Å². The topological polar surface area (TPSA) is 75.3 Å². The predicted octanol–water partition coefficient (Wildman–Crippen LogP) is 1.29. The fourth-order valence-corrected chi connectivity index (χ4v) is 2.09. The van der Waals surface area contributed by atoms with Crippen molar-refractivity contribution in [3.63, 3.8) is 0 Å². The van der Waals surface area contributed by atoms with E-state index < -0.39 is 9.84 Å². The molecule has 0 saturated heterocycles. The molecule has 0 unspecified atom stereocenters. The van der Waals surface area contributed by atoms with Crippen molar-refractivity contribution in [2.45, 2.75) is 11.3 Å². The summed E-state index contributed by atoms with van der Waals surface area (Å²) >= 11 is 5.90. The standard InChI is InChI=1S/C11H15ClN2O3S/c1-13-6-5-11(15)14-10-7-8(18(2,16)17)3-4-9(10)12/h3-4,7,13H,5-6H2,1-2H3,(H,14,15). The number of amides is 1. The molecule has 0 aliphatic carbocycles. The largest absolute Gasteiger partial charge is 0.325 e. The van der Waals surface area contributed by atoms with E-state index in [4.69, 9.17) is 11.6 Å². The highest BCUT2D eigenvalue weighted by atomic mass is 35.5. The van der Waals surface area contributed by atoms with Gasteiger partial charge in [-0.25, -0.2) is 8.42 Å². The number of hydrogen-bond donors (Lipinski definition) is 2. The Balaban J connectivity index is 2.92. The quantitative estimate of drug-likeness (QED) is 0.857. The summed E-state index contributed by atoms with van der Waals surface area (Å²) in [5, 5.41) is 5.73. The van der Waals surface area contributed by atoms with E-state index in [1.807, 2.05) is 0 Å². The lowest BCUT2D eigenvalue weighted by molar-refractivity contribution is -0.116. The van der Waals surface area contributed by atoms with Gasteiger partial charge in [0, 0.05) is 19.2 Å². The molecule has 0 atom stereocenters. The van der Waals surface area contributed by atoms with Crippen LogP contribution in [0.3, 0.4) is 0 Å². The average molecular weight is 291 g/mol. The van der Waals surface area contributed by atoms with Gasteiger partial charge in [0.15, 0.2) is 9.84 Å². The van der Waals surface area contributed by atoms with Crippen molar-refractivity contribution in [2.24, 2.45) is 0 Å². The Kier molecular flexibility index (Phi) is 5.13. The SMILES string of the molecule is CNCCC(=O)Nc1cc(S(C)(=O)=O)ccc1Cl. The first-order valence-corrected chi connectivity index (χ1v) is 7.55. The van der Waals surface area contributed by atoms with Crippen molar-refractivity contribution < 1.29 is 13.2 Å². The summed E-state index contributed by atoms with van der Waals surface area (Å²) in [5.41, 5.74) is 0.306. The van der Waals surface area contributed by atoms with E-state index in [0.717, 1.165) is 6.26 Å². The van der Waals surface area contributed by atoms with Crippen LogP contribution in [0.15, 0.2) is 23.1 Å². The zero-order valence-corrected chi connectivity index (χ0v) is 11.7. The Labute approximate surface area is 111 Å². The van der Waals surface area contributed by atoms with Gasteiger partial charge in [0.2, 0.25) is 5.91 Å². The number of nitrogens with one attached hydrogen (secondary N) is 2. The lowest BCUT2D eigenvalue weighted by Gasteiger charge is -2.08. The fourth-order valence-electron chi connectivity index (χ4n) is 1.28. The van der Waals surface area contributed by atoms with Gasteiger partial charge in [0.1, 0.15) is 0 Å². The van der Waals surface area contributed by atoms with Crippen LogP contribution < -0.4 is 10.6 Å². The summed E-state index contributed by atoms with van der Waals surface area (Å²) in [5.74, 6) is -0.225. The number of benzene rings is 1. The van der Waals surface area contributed by atoms with Crippen molar-refractivity contribution in [1.82, 2.24) is 5.32 Å². The van der Waals surface area contributed by atoms with Crippen molar-refractivity contribution in [3.05, 3.63) is 23.2 Å². The number of sulfone groups is 1. The summed E-state index contributed by atoms with van der Waals surface area (Å²) in [6.07, 6.45) is 1.39. The van der Waals surface area contributed by atoms with Gasteiger partial charge in [-0.2, -0.15) is 0 Å². The Morgan fingerprint density at radius 1 is 1.39 bits per heavy atom. The first-order chi connectivity index (χ1) is 8.34. The highest BCUT2D eigenvalue weighted by molar-refractivity contribution is 7.90. The summed E-state index contributed by atoms with van der Waals surface area (Å²) in [6.45, 7) is 0.537. The third-order valence-corrected chi connectivity index (χ3v) is 3.68. The molecule has 7 heteroatoms. The van der Waals surface area contributed by atoms with E-state index in [2.05, 4.69) is 10.6 Å². The Morgan fingerprint density at radius 2 is 2.06 bits per heavy atom. The van der Waals surface area contributed by atoms with Gasteiger partial charge in [-0.3, -0.25) is 4.79 Å². The van der Waals surface area contributed by atoms with Crippen molar-refractivity contribution in [1.29, 1.82) is 0 Å². The van der Waals surface area contributed by atoms with Crippen LogP contribution >= 0.6 is 11.6 Å². The molecule has 2 N–H and O–H groups in total. The van der Waals surface area contributed by atoms with Gasteiger partial charge in [0.25, 0.3) is 0 Å². The first-order valence-electron chi connectivity index (χ1n) is 5.28. The zero-order valence-electron chi connectivity index (χ0n) is 10.2. The van der Waals surface area contributed by atoms with E-state index in [0.29, 0.717) is 17.3 Å². The summed E-state index contributed by atoms with van der Waals surface area (Å²) in [7, 11) is -1.58. The number of carbonyl (C=O) groups is 1. The Bertz CT molecular complexity index is 543. The van der Waals surface area contributed by atoms with Crippen LogP contribution in [0.25, 0.3) is 0 Å². The van der Waals surface area contributed by atoms with Crippen molar-refractivity contribution in [3.8, 4) is 0 Å². The summed E-state index contributed by atoms with van der Waals surface area (Å²) in [6, 6.07) is 4.21. The molecule has 18 heavy (non-hydrogen) atoms. The molecule has 5 nitrogen and oxygen atoms in total. The third-order valence-electron chi connectivity index (χ3n) is 2.24. The molecule has 100 valence electrons. The van der Waals surface area contributed by atoms with Gasteiger partial charge in [-0.05, 0) is 25.2 Å². The zero-order chi connectivity index (χ0) is 13.8. The number of anilines is 1. The maximum atomic E-state index is 11.5. The Hall–Kier alpha value is -1.11. The molecule has 0 aliphatic heterocycles. The van der Waals surface area contributed by atoms with Crippen LogP contribution in [-0.4, -0.2) is 34.2 Å². The smallest absolute Gasteiger partial charge is 0.225 e. The van der Waals surface area contributed by atoms with Crippen LogP contribution in [0.1, 0.15) is 6.42 Å². The molecular formula is C11H15ClN2O3S. The molecular weight excluding hydrogens is 276 g/mol. The highest BCUT2D eigenvalue weighted by Crippen LogP contribution is 2.25. The lowest BCUT2D eigenvalue weighted by Crippen LogP contribution is -2.19. The average Bonchev–Trinajstić information content (AvgIpc) is 2.28. The molecule has 0 fully saturated rings. The van der Waals surface area contributed by atoms with Crippen LogP contribution in [0.4, 0.5) is 5.69 Å².